The summed E-state index contributed by atoms with van der Waals surface area (Å²) in [5.41, 5.74) is 2.03. The van der Waals surface area contributed by atoms with E-state index >= 15 is 0 Å². The molecule has 22 heavy (non-hydrogen) atoms. The minimum Gasteiger partial charge on any atom is -0.303 e. The molecular weight excluding hydrogens is 321 g/mol. The number of fused-ring (bicyclic) bond motifs is 1. The Hall–Kier alpha value is -1.53. The van der Waals surface area contributed by atoms with Gasteiger partial charge in [-0.05, 0) is 13.8 Å². The third-order valence-corrected chi connectivity index (χ3v) is 5.67. The van der Waals surface area contributed by atoms with Crippen LogP contribution in [0.1, 0.15) is 13.8 Å². The van der Waals surface area contributed by atoms with Gasteiger partial charge in [-0.15, -0.1) is 16.4 Å². The highest BCUT2D eigenvalue weighted by Crippen LogP contribution is 2.45. The van der Waals surface area contributed by atoms with Crippen molar-refractivity contribution in [3.05, 3.63) is 35.7 Å². The molecule has 2 heterocycles. The lowest BCUT2D eigenvalue weighted by molar-refractivity contribution is 0.228. The monoisotopic (exact) mass is 337 g/mol. The second-order valence-corrected chi connectivity index (χ2v) is 7.17. The summed E-state index contributed by atoms with van der Waals surface area (Å²) in [5, 5.41) is 6.33. The van der Waals surface area contributed by atoms with E-state index in [1.807, 2.05) is 35.7 Å². The predicted molar refractivity (Wildman–Crippen MR) is 86.8 cm³/mol. The van der Waals surface area contributed by atoms with Gasteiger partial charge in [-0.3, -0.25) is 4.57 Å². The molecule has 6 nitrogen and oxygen atoms in total. The van der Waals surface area contributed by atoms with Crippen molar-refractivity contribution in [2.24, 2.45) is 0 Å². The van der Waals surface area contributed by atoms with Crippen LogP contribution in [0.25, 0.3) is 16.2 Å². The minimum atomic E-state index is -3.46. The first-order valence-electron chi connectivity index (χ1n) is 6.97. The molecule has 116 valence electrons. The fourth-order valence-corrected chi connectivity index (χ4v) is 4.39. The van der Waals surface area contributed by atoms with E-state index in [-0.39, 0.29) is 18.8 Å². The number of aromatic nitrogens is 3. The second kappa shape index (κ2) is 6.30. The molecule has 0 amide bonds. The van der Waals surface area contributed by atoms with Gasteiger partial charge in [0.2, 0.25) is 4.96 Å². The van der Waals surface area contributed by atoms with E-state index in [1.54, 1.807) is 18.4 Å². The van der Waals surface area contributed by atoms with Gasteiger partial charge < -0.3 is 9.05 Å². The van der Waals surface area contributed by atoms with E-state index in [0.717, 1.165) is 11.3 Å². The quantitative estimate of drug-likeness (QED) is 0.645. The largest absolute Gasteiger partial charge is 0.400 e. The molecule has 0 aliphatic carbocycles. The van der Waals surface area contributed by atoms with Crippen LogP contribution in [0, 0.1) is 0 Å². The van der Waals surface area contributed by atoms with Crippen molar-refractivity contribution < 1.29 is 13.6 Å². The SMILES string of the molecule is CCOP(=O)(OCC)c1nc2scc(-c3ccccc3)n2n1. The van der Waals surface area contributed by atoms with Crippen LogP contribution >= 0.6 is 18.9 Å². The van der Waals surface area contributed by atoms with E-state index in [2.05, 4.69) is 10.1 Å². The average Bonchev–Trinajstić information content (AvgIpc) is 3.09. The Labute approximate surface area is 132 Å². The van der Waals surface area contributed by atoms with E-state index in [9.17, 15) is 4.57 Å². The molecule has 0 saturated heterocycles. The lowest BCUT2D eigenvalue weighted by Crippen LogP contribution is -2.15. The molecule has 0 radical (unpaired) electrons. The molecule has 0 fully saturated rings. The summed E-state index contributed by atoms with van der Waals surface area (Å²) in [5.74, 6) is 0. The Kier molecular flexibility index (Phi) is 4.40. The van der Waals surface area contributed by atoms with Crippen LogP contribution in [0.5, 0.6) is 0 Å². The summed E-state index contributed by atoms with van der Waals surface area (Å²) >= 11 is 1.44. The highest BCUT2D eigenvalue weighted by atomic mass is 32.1. The average molecular weight is 337 g/mol. The summed E-state index contributed by atoms with van der Waals surface area (Å²) in [4.78, 5) is 4.99. The standard InChI is InChI=1S/C14H16N3O3PS/c1-3-19-21(18,20-4-2)13-15-14-17(16-13)12(10-22-14)11-8-6-5-7-9-11/h5-10H,3-4H2,1-2H3. The first-order chi connectivity index (χ1) is 10.7. The zero-order valence-corrected chi connectivity index (χ0v) is 14.0. The molecule has 2 aromatic heterocycles. The smallest absolute Gasteiger partial charge is 0.303 e. The molecule has 0 aliphatic heterocycles. The van der Waals surface area contributed by atoms with Gasteiger partial charge in [0.05, 0.1) is 18.9 Å². The molecule has 0 bridgehead atoms. The van der Waals surface area contributed by atoms with E-state index in [0.29, 0.717) is 4.96 Å². The summed E-state index contributed by atoms with van der Waals surface area (Å²) in [7, 11) is -3.46. The normalized spacial score (nSPS) is 12.1. The fraction of sp³-hybridized carbons (Fsp3) is 0.286. The topological polar surface area (TPSA) is 65.7 Å². The number of rotatable bonds is 6. The molecule has 1 aromatic carbocycles. The lowest BCUT2D eigenvalue weighted by atomic mass is 10.2. The Morgan fingerprint density at radius 3 is 2.50 bits per heavy atom. The van der Waals surface area contributed by atoms with Gasteiger partial charge in [0.1, 0.15) is 0 Å². The van der Waals surface area contributed by atoms with Gasteiger partial charge in [-0.2, -0.15) is 4.98 Å². The summed E-state index contributed by atoms with van der Waals surface area (Å²) in [6.45, 7) is 4.07. The van der Waals surface area contributed by atoms with Gasteiger partial charge in [0, 0.05) is 10.9 Å². The van der Waals surface area contributed by atoms with Crippen molar-refractivity contribution in [1.82, 2.24) is 14.6 Å². The molecular formula is C14H16N3O3PS. The molecule has 0 saturated carbocycles. The van der Waals surface area contributed by atoms with Crippen LogP contribution in [0.2, 0.25) is 0 Å². The van der Waals surface area contributed by atoms with Crippen molar-refractivity contribution in [2.75, 3.05) is 13.2 Å². The number of hydrogen-bond acceptors (Lipinski definition) is 6. The van der Waals surface area contributed by atoms with Gasteiger partial charge in [0.25, 0.3) is 5.57 Å². The zero-order valence-electron chi connectivity index (χ0n) is 12.3. The van der Waals surface area contributed by atoms with Crippen LogP contribution in [0.4, 0.5) is 0 Å². The Morgan fingerprint density at radius 2 is 1.86 bits per heavy atom. The van der Waals surface area contributed by atoms with E-state index in [1.165, 1.54) is 11.3 Å². The van der Waals surface area contributed by atoms with Gasteiger partial charge >= 0.3 is 7.60 Å². The molecule has 0 N–H and O–H groups in total. The fourth-order valence-electron chi connectivity index (χ4n) is 2.09. The molecule has 8 heteroatoms. The van der Waals surface area contributed by atoms with Crippen molar-refractivity contribution in [3.8, 4) is 11.3 Å². The van der Waals surface area contributed by atoms with Gasteiger partial charge in [-0.25, -0.2) is 4.52 Å². The molecule has 0 atom stereocenters. The predicted octanol–water partition coefficient (Wildman–Crippen LogP) is 3.35. The van der Waals surface area contributed by atoms with Crippen LogP contribution in [-0.4, -0.2) is 27.8 Å². The van der Waals surface area contributed by atoms with Crippen molar-refractivity contribution >= 4 is 29.5 Å². The van der Waals surface area contributed by atoms with E-state index in [4.69, 9.17) is 9.05 Å². The Morgan fingerprint density at radius 1 is 1.18 bits per heavy atom. The van der Waals surface area contributed by atoms with Crippen molar-refractivity contribution in [2.45, 2.75) is 13.8 Å². The Bertz CT molecular complexity index is 805. The highest BCUT2D eigenvalue weighted by Gasteiger charge is 2.33. The van der Waals surface area contributed by atoms with Gasteiger partial charge in [-0.1, -0.05) is 30.3 Å². The molecule has 0 unspecified atom stereocenters. The van der Waals surface area contributed by atoms with Crippen LogP contribution in [0.15, 0.2) is 35.7 Å². The molecule has 3 aromatic rings. The summed E-state index contributed by atoms with van der Waals surface area (Å²) < 4.78 is 25.0. The van der Waals surface area contributed by atoms with Crippen LogP contribution < -0.4 is 5.57 Å². The molecule has 0 aliphatic rings. The second-order valence-electron chi connectivity index (χ2n) is 4.43. The maximum absolute atomic E-state index is 12.8. The third kappa shape index (κ3) is 2.73. The van der Waals surface area contributed by atoms with Gasteiger partial charge in [0.15, 0.2) is 0 Å². The number of hydrogen-bond donors (Lipinski definition) is 0. The third-order valence-electron chi connectivity index (χ3n) is 2.98. The van der Waals surface area contributed by atoms with Crippen LogP contribution in [-0.2, 0) is 13.6 Å². The first kappa shape index (κ1) is 15.4. The minimum absolute atomic E-state index is 0.111. The number of benzene rings is 1. The lowest BCUT2D eigenvalue weighted by Gasteiger charge is -2.12. The van der Waals surface area contributed by atoms with Crippen molar-refractivity contribution in [1.29, 1.82) is 0 Å². The van der Waals surface area contributed by atoms with Crippen LogP contribution in [0.3, 0.4) is 0 Å². The maximum Gasteiger partial charge on any atom is 0.400 e. The molecule has 3 rings (SSSR count). The number of thiazole rings is 1. The summed E-state index contributed by atoms with van der Waals surface area (Å²) in [6.07, 6.45) is 0. The van der Waals surface area contributed by atoms with Crippen molar-refractivity contribution in [3.63, 3.8) is 0 Å². The first-order valence-corrected chi connectivity index (χ1v) is 9.39. The maximum atomic E-state index is 12.8. The Balaban J connectivity index is 2.07. The highest BCUT2D eigenvalue weighted by molar-refractivity contribution is 7.61. The number of nitrogens with zero attached hydrogens (tertiary/aromatic N) is 3. The molecule has 0 spiro atoms. The summed E-state index contributed by atoms with van der Waals surface area (Å²) in [6, 6.07) is 9.86. The zero-order chi connectivity index (χ0) is 15.6. The van der Waals surface area contributed by atoms with E-state index < -0.39 is 7.60 Å².